The SMILES string of the molecule is COC(=O)c1ccc(F)c(NS(=O)(=O)c2ccn[nH]2)c1. The Kier molecular flexibility index (Phi) is 3.70. The van der Waals surface area contributed by atoms with E-state index >= 15 is 0 Å². The topological polar surface area (TPSA) is 101 Å². The molecule has 106 valence electrons. The Hall–Kier alpha value is -2.42. The smallest absolute Gasteiger partial charge is 0.337 e. The van der Waals surface area contributed by atoms with Crippen molar-refractivity contribution >= 4 is 21.7 Å². The van der Waals surface area contributed by atoms with Crippen LogP contribution < -0.4 is 4.72 Å². The summed E-state index contributed by atoms with van der Waals surface area (Å²) in [4.78, 5) is 11.3. The van der Waals surface area contributed by atoms with Crippen LogP contribution in [-0.4, -0.2) is 31.7 Å². The van der Waals surface area contributed by atoms with Crippen LogP contribution in [0.4, 0.5) is 10.1 Å². The maximum atomic E-state index is 13.6. The van der Waals surface area contributed by atoms with E-state index in [9.17, 15) is 17.6 Å². The van der Waals surface area contributed by atoms with E-state index in [0.29, 0.717) is 0 Å². The molecule has 0 aliphatic carbocycles. The Bertz CT molecular complexity index is 728. The minimum atomic E-state index is -4.00. The maximum absolute atomic E-state index is 13.6. The molecule has 0 aliphatic rings. The zero-order valence-electron chi connectivity index (χ0n) is 10.3. The van der Waals surface area contributed by atoms with Gasteiger partial charge in [0.05, 0.1) is 24.6 Å². The summed E-state index contributed by atoms with van der Waals surface area (Å²) in [5.74, 6) is -1.52. The quantitative estimate of drug-likeness (QED) is 0.824. The van der Waals surface area contributed by atoms with Gasteiger partial charge in [0.15, 0.2) is 5.03 Å². The van der Waals surface area contributed by atoms with Crippen LogP contribution in [0, 0.1) is 5.82 Å². The Balaban J connectivity index is 2.36. The van der Waals surface area contributed by atoms with E-state index < -0.39 is 21.8 Å². The monoisotopic (exact) mass is 299 g/mol. The number of carbonyl (C=O) groups excluding carboxylic acids is 1. The number of methoxy groups -OCH3 is 1. The van der Waals surface area contributed by atoms with Crippen LogP contribution in [-0.2, 0) is 14.8 Å². The van der Waals surface area contributed by atoms with E-state index in [1.165, 1.54) is 25.4 Å². The van der Waals surface area contributed by atoms with E-state index in [1.807, 2.05) is 4.72 Å². The van der Waals surface area contributed by atoms with Gasteiger partial charge < -0.3 is 4.74 Å². The summed E-state index contributed by atoms with van der Waals surface area (Å²) >= 11 is 0. The van der Waals surface area contributed by atoms with Gasteiger partial charge >= 0.3 is 5.97 Å². The molecule has 0 amide bonds. The van der Waals surface area contributed by atoms with Gasteiger partial charge in [-0.15, -0.1) is 0 Å². The van der Waals surface area contributed by atoms with Crippen molar-refractivity contribution in [1.29, 1.82) is 0 Å². The molecule has 2 rings (SSSR count). The predicted molar refractivity (Wildman–Crippen MR) is 67.1 cm³/mol. The summed E-state index contributed by atoms with van der Waals surface area (Å²) in [5, 5.41) is 5.53. The third-order valence-electron chi connectivity index (χ3n) is 2.40. The molecular weight excluding hydrogens is 289 g/mol. The number of H-pyrrole nitrogens is 1. The normalized spacial score (nSPS) is 11.1. The summed E-state index contributed by atoms with van der Waals surface area (Å²) in [6.07, 6.45) is 1.25. The number of rotatable bonds is 4. The first-order valence-corrected chi connectivity index (χ1v) is 6.82. The number of hydrogen-bond acceptors (Lipinski definition) is 5. The third kappa shape index (κ3) is 2.77. The molecule has 20 heavy (non-hydrogen) atoms. The minimum Gasteiger partial charge on any atom is -0.465 e. The summed E-state index contributed by atoms with van der Waals surface area (Å²) in [6.45, 7) is 0. The fourth-order valence-electron chi connectivity index (χ4n) is 1.44. The Labute approximate surface area is 113 Å². The van der Waals surface area contributed by atoms with Crippen molar-refractivity contribution in [2.45, 2.75) is 5.03 Å². The first-order chi connectivity index (χ1) is 9.44. The van der Waals surface area contributed by atoms with Gasteiger partial charge in [-0.2, -0.15) is 13.5 Å². The number of ether oxygens (including phenoxy) is 1. The van der Waals surface area contributed by atoms with Crippen molar-refractivity contribution in [2.75, 3.05) is 11.8 Å². The molecule has 0 saturated carbocycles. The second-order valence-electron chi connectivity index (χ2n) is 3.71. The molecule has 2 N–H and O–H groups in total. The number of aromatic amines is 1. The lowest BCUT2D eigenvalue weighted by molar-refractivity contribution is 0.0600. The standard InChI is InChI=1S/C11H10FN3O4S/c1-19-11(16)7-2-3-8(12)9(6-7)15-20(17,18)10-4-5-13-14-10/h2-6,15H,1H3,(H,13,14). The van der Waals surface area contributed by atoms with E-state index in [4.69, 9.17) is 0 Å². The van der Waals surface area contributed by atoms with Gasteiger partial charge in [-0.3, -0.25) is 9.82 Å². The lowest BCUT2D eigenvalue weighted by Crippen LogP contribution is -2.15. The average molecular weight is 299 g/mol. The first kappa shape index (κ1) is 14.0. The number of nitrogens with one attached hydrogen (secondary N) is 2. The van der Waals surface area contributed by atoms with E-state index in [1.54, 1.807) is 0 Å². The number of benzene rings is 1. The van der Waals surface area contributed by atoms with Gasteiger partial charge in [-0.1, -0.05) is 0 Å². The van der Waals surface area contributed by atoms with Crippen molar-refractivity contribution in [1.82, 2.24) is 10.2 Å². The highest BCUT2D eigenvalue weighted by atomic mass is 32.2. The summed E-state index contributed by atoms with van der Waals surface area (Å²) in [5.41, 5.74) is -0.335. The van der Waals surface area contributed by atoms with Crippen LogP contribution >= 0.6 is 0 Å². The molecule has 0 aliphatic heterocycles. The molecule has 1 aromatic heterocycles. The molecule has 0 spiro atoms. The van der Waals surface area contributed by atoms with E-state index in [0.717, 1.165) is 12.1 Å². The lowest BCUT2D eigenvalue weighted by Gasteiger charge is -2.08. The third-order valence-corrected chi connectivity index (χ3v) is 3.69. The summed E-state index contributed by atoms with van der Waals surface area (Å²) in [6, 6.07) is 4.42. The molecule has 0 bridgehead atoms. The highest BCUT2D eigenvalue weighted by Crippen LogP contribution is 2.20. The van der Waals surface area contributed by atoms with Crippen LogP contribution in [0.15, 0.2) is 35.5 Å². The van der Waals surface area contributed by atoms with Gasteiger partial charge in [0.2, 0.25) is 0 Å². The zero-order valence-corrected chi connectivity index (χ0v) is 11.1. The fraction of sp³-hybridized carbons (Fsp3) is 0.0909. The number of aromatic nitrogens is 2. The van der Waals surface area contributed by atoms with Crippen LogP contribution in [0.1, 0.15) is 10.4 Å². The largest absolute Gasteiger partial charge is 0.465 e. The number of halogens is 1. The maximum Gasteiger partial charge on any atom is 0.337 e. The molecule has 2 aromatic rings. The molecule has 1 heterocycles. The molecule has 9 heteroatoms. The number of hydrogen-bond donors (Lipinski definition) is 2. The van der Waals surface area contributed by atoms with Crippen LogP contribution in [0.5, 0.6) is 0 Å². The average Bonchev–Trinajstić information content (AvgIpc) is 2.95. The fourth-order valence-corrected chi connectivity index (χ4v) is 2.41. The molecule has 1 aromatic carbocycles. The van der Waals surface area contributed by atoms with Crippen LogP contribution in [0.25, 0.3) is 0 Å². The number of carbonyl (C=O) groups is 1. The van der Waals surface area contributed by atoms with Crippen molar-refractivity contribution in [3.8, 4) is 0 Å². The Morgan fingerprint density at radius 1 is 1.40 bits per heavy atom. The predicted octanol–water partition coefficient (Wildman–Crippen LogP) is 1.14. The molecule has 0 saturated heterocycles. The van der Waals surface area contributed by atoms with Crippen LogP contribution in [0.3, 0.4) is 0 Å². The zero-order chi connectivity index (χ0) is 14.8. The van der Waals surface area contributed by atoms with E-state index in [2.05, 4.69) is 14.9 Å². The Morgan fingerprint density at radius 2 is 2.15 bits per heavy atom. The van der Waals surface area contributed by atoms with Crippen molar-refractivity contribution in [3.63, 3.8) is 0 Å². The molecule has 0 unspecified atom stereocenters. The summed E-state index contributed by atoms with van der Waals surface area (Å²) in [7, 11) is -2.84. The minimum absolute atomic E-state index is 0.0243. The lowest BCUT2D eigenvalue weighted by atomic mass is 10.2. The van der Waals surface area contributed by atoms with Crippen molar-refractivity contribution < 1.29 is 22.3 Å². The molecule has 0 radical (unpaired) electrons. The Morgan fingerprint density at radius 3 is 2.75 bits per heavy atom. The van der Waals surface area contributed by atoms with Crippen LogP contribution in [0.2, 0.25) is 0 Å². The van der Waals surface area contributed by atoms with Gasteiger partial charge in [-0.05, 0) is 24.3 Å². The van der Waals surface area contributed by atoms with E-state index in [-0.39, 0.29) is 16.3 Å². The second-order valence-corrected chi connectivity index (χ2v) is 5.36. The molecule has 0 atom stereocenters. The number of nitrogens with zero attached hydrogens (tertiary/aromatic N) is 1. The molecule has 0 fully saturated rings. The van der Waals surface area contributed by atoms with Gasteiger partial charge in [-0.25, -0.2) is 9.18 Å². The van der Waals surface area contributed by atoms with Gasteiger partial charge in [0, 0.05) is 0 Å². The highest BCUT2D eigenvalue weighted by molar-refractivity contribution is 7.92. The summed E-state index contributed by atoms with van der Waals surface area (Å²) < 4.78 is 43.9. The van der Waals surface area contributed by atoms with Crippen molar-refractivity contribution in [2.24, 2.45) is 0 Å². The molecular formula is C11H10FN3O4S. The highest BCUT2D eigenvalue weighted by Gasteiger charge is 2.19. The number of sulfonamides is 1. The number of esters is 1. The molecule has 7 nitrogen and oxygen atoms in total. The number of anilines is 1. The van der Waals surface area contributed by atoms with Gasteiger partial charge in [0.25, 0.3) is 10.0 Å². The van der Waals surface area contributed by atoms with Gasteiger partial charge in [0.1, 0.15) is 5.82 Å². The first-order valence-electron chi connectivity index (χ1n) is 5.34. The second kappa shape index (κ2) is 5.29. The van der Waals surface area contributed by atoms with Crippen molar-refractivity contribution in [3.05, 3.63) is 41.8 Å².